The number of hydrogen-bond donors (Lipinski definition) is 0. The van der Waals surface area contributed by atoms with Crippen LogP contribution in [0.5, 0.6) is 0 Å². The van der Waals surface area contributed by atoms with Crippen LogP contribution in [0.15, 0.2) is 60.7 Å². The topological polar surface area (TPSA) is 17.1 Å². The van der Waals surface area contributed by atoms with Crippen molar-refractivity contribution in [1.82, 2.24) is 0 Å². The van der Waals surface area contributed by atoms with Crippen LogP contribution in [0.25, 0.3) is 0 Å². The molecule has 2 atom stereocenters. The lowest BCUT2D eigenvalue weighted by Gasteiger charge is -2.30. The highest BCUT2D eigenvalue weighted by Crippen LogP contribution is 2.38. The largest absolute Gasteiger partial charge is 0.298 e. The minimum atomic E-state index is -0.344. The monoisotopic (exact) mass is 280 g/mol. The van der Waals surface area contributed by atoms with E-state index in [9.17, 15) is 4.79 Å². The van der Waals surface area contributed by atoms with Gasteiger partial charge in [0.05, 0.1) is 0 Å². The summed E-state index contributed by atoms with van der Waals surface area (Å²) in [5, 5.41) is 0. The maximum absolute atomic E-state index is 13.0. The number of ketones is 1. The molecular weight excluding hydrogens is 256 g/mol. The fourth-order valence-electron chi connectivity index (χ4n) is 2.74. The van der Waals surface area contributed by atoms with E-state index >= 15 is 0 Å². The molecule has 21 heavy (non-hydrogen) atoms. The van der Waals surface area contributed by atoms with Crippen LogP contribution in [0.1, 0.15) is 50.7 Å². The molecule has 0 saturated carbocycles. The minimum Gasteiger partial charge on any atom is -0.298 e. The van der Waals surface area contributed by atoms with Crippen LogP contribution in [0.4, 0.5) is 0 Å². The van der Waals surface area contributed by atoms with Gasteiger partial charge in [-0.15, -0.1) is 0 Å². The summed E-state index contributed by atoms with van der Waals surface area (Å²) in [4.78, 5) is 13.0. The van der Waals surface area contributed by atoms with Crippen molar-refractivity contribution >= 4 is 5.78 Å². The lowest BCUT2D eigenvalue weighted by atomic mass is 9.72. The van der Waals surface area contributed by atoms with Gasteiger partial charge in [-0.1, -0.05) is 88.4 Å². The molecule has 1 heteroatoms. The molecule has 0 heterocycles. The highest BCUT2D eigenvalue weighted by molar-refractivity contribution is 5.91. The molecule has 0 aliphatic rings. The molecule has 1 nitrogen and oxygen atoms in total. The highest BCUT2D eigenvalue weighted by atomic mass is 16.1. The lowest BCUT2D eigenvalue weighted by Crippen LogP contribution is -2.30. The van der Waals surface area contributed by atoms with E-state index < -0.39 is 0 Å². The van der Waals surface area contributed by atoms with Crippen molar-refractivity contribution in [3.05, 3.63) is 71.8 Å². The fraction of sp³-hybridized carbons (Fsp3) is 0.350. The smallest absolute Gasteiger partial charge is 0.146 e. The van der Waals surface area contributed by atoms with E-state index in [0.29, 0.717) is 5.78 Å². The molecule has 0 aliphatic carbocycles. The Morgan fingerprint density at radius 2 is 1.24 bits per heavy atom. The van der Waals surface area contributed by atoms with Gasteiger partial charge in [-0.05, 0) is 17.0 Å². The molecule has 2 aromatic carbocycles. The molecule has 0 aromatic heterocycles. The Balaban J connectivity index is 2.44. The third-order valence-corrected chi connectivity index (χ3v) is 4.01. The Morgan fingerprint density at radius 1 is 0.810 bits per heavy atom. The number of carbonyl (C=O) groups is 1. The van der Waals surface area contributed by atoms with Crippen molar-refractivity contribution in [2.24, 2.45) is 5.41 Å². The van der Waals surface area contributed by atoms with Crippen molar-refractivity contribution in [1.29, 1.82) is 0 Å². The molecular formula is C20H24O. The van der Waals surface area contributed by atoms with Gasteiger partial charge >= 0.3 is 0 Å². The van der Waals surface area contributed by atoms with E-state index in [2.05, 4.69) is 31.2 Å². The third kappa shape index (κ3) is 3.60. The molecule has 0 bridgehead atoms. The number of benzene rings is 2. The molecule has 0 saturated heterocycles. The summed E-state index contributed by atoms with van der Waals surface area (Å²) < 4.78 is 0. The first-order chi connectivity index (χ1) is 9.91. The van der Waals surface area contributed by atoms with Gasteiger partial charge in [-0.25, -0.2) is 0 Å². The number of carbonyl (C=O) groups excluding carboxylic acids is 1. The maximum atomic E-state index is 13.0. The minimum absolute atomic E-state index is 0.103. The predicted molar refractivity (Wildman–Crippen MR) is 88.5 cm³/mol. The summed E-state index contributed by atoms with van der Waals surface area (Å²) in [6, 6.07) is 20.4. The van der Waals surface area contributed by atoms with Crippen molar-refractivity contribution in [3.8, 4) is 0 Å². The van der Waals surface area contributed by atoms with Crippen LogP contribution in [-0.2, 0) is 4.79 Å². The number of Topliss-reactive ketones (excluding diaryl/α,β-unsaturated/α-hetero) is 1. The average Bonchev–Trinajstić information content (AvgIpc) is 2.48. The zero-order valence-electron chi connectivity index (χ0n) is 13.3. The van der Waals surface area contributed by atoms with E-state index in [1.54, 1.807) is 0 Å². The molecule has 2 unspecified atom stereocenters. The van der Waals surface area contributed by atoms with E-state index in [0.717, 1.165) is 5.56 Å². The SMILES string of the molecule is CC(c1ccccc1)C(C(=O)C(C)(C)C)c1ccccc1. The standard InChI is InChI=1S/C20H24O/c1-15(16-11-7-5-8-12-16)18(19(21)20(2,3)4)17-13-9-6-10-14-17/h5-15,18H,1-4H3. The van der Waals surface area contributed by atoms with Crippen LogP contribution in [-0.4, -0.2) is 5.78 Å². The lowest BCUT2D eigenvalue weighted by molar-refractivity contribution is -0.128. The molecule has 110 valence electrons. The quantitative estimate of drug-likeness (QED) is 0.753. The first-order valence-electron chi connectivity index (χ1n) is 7.55. The summed E-state index contributed by atoms with van der Waals surface area (Å²) in [7, 11) is 0. The highest BCUT2D eigenvalue weighted by Gasteiger charge is 2.34. The van der Waals surface area contributed by atoms with Crippen molar-refractivity contribution < 1.29 is 4.79 Å². The Morgan fingerprint density at radius 3 is 1.67 bits per heavy atom. The number of rotatable bonds is 4. The second kappa shape index (κ2) is 6.26. The molecule has 0 spiro atoms. The van der Waals surface area contributed by atoms with Crippen LogP contribution < -0.4 is 0 Å². The normalized spacial score (nSPS) is 14.5. The Bertz CT molecular complexity index is 578. The molecule has 0 radical (unpaired) electrons. The zero-order valence-corrected chi connectivity index (χ0v) is 13.3. The maximum Gasteiger partial charge on any atom is 0.146 e. The molecule has 0 amide bonds. The molecule has 0 aliphatic heterocycles. The second-order valence-electron chi connectivity index (χ2n) is 6.70. The summed E-state index contributed by atoms with van der Waals surface area (Å²) in [6.45, 7) is 8.16. The summed E-state index contributed by atoms with van der Waals surface area (Å²) in [5.41, 5.74) is 1.97. The molecule has 0 fully saturated rings. The first kappa shape index (κ1) is 15.5. The Kier molecular flexibility index (Phi) is 4.62. The molecule has 2 aromatic rings. The van der Waals surface area contributed by atoms with Gasteiger partial charge < -0.3 is 0 Å². The number of hydrogen-bond acceptors (Lipinski definition) is 1. The predicted octanol–water partition coefficient (Wildman–Crippen LogP) is 5.19. The molecule has 2 rings (SSSR count). The van der Waals surface area contributed by atoms with Crippen LogP contribution in [0.2, 0.25) is 0 Å². The fourth-order valence-corrected chi connectivity index (χ4v) is 2.74. The summed E-state index contributed by atoms with van der Waals surface area (Å²) in [5.74, 6) is 0.360. The van der Waals surface area contributed by atoms with E-state index in [1.807, 2.05) is 57.2 Å². The summed E-state index contributed by atoms with van der Waals surface area (Å²) in [6.07, 6.45) is 0. The van der Waals surface area contributed by atoms with Crippen molar-refractivity contribution in [2.75, 3.05) is 0 Å². The Hall–Kier alpha value is -1.89. The zero-order chi connectivity index (χ0) is 15.5. The van der Waals surface area contributed by atoms with Gasteiger partial charge in [0.1, 0.15) is 5.78 Å². The van der Waals surface area contributed by atoms with Crippen LogP contribution >= 0.6 is 0 Å². The van der Waals surface area contributed by atoms with Gasteiger partial charge in [0.2, 0.25) is 0 Å². The van der Waals surface area contributed by atoms with Crippen LogP contribution in [0.3, 0.4) is 0 Å². The van der Waals surface area contributed by atoms with Gasteiger partial charge in [-0.2, -0.15) is 0 Å². The van der Waals surface area contributed by atoms with Crippen LogP contribution in [0, 0.1) is 5.41 Å². The van der Waals surface area contributed by atoms with Crippen molar-refractivity contribution in [3.63, 3.8) is 0 Å². The second-order valence-corrected chi connectivity index (χ2v) is 6.70. The van der Waals surface area contributed by atoms with Crippen molar-refractivity contribution in [2.45, 2.75) is 39.5 Å². The molecule has 0 N–H and O–H groups in total. The third-order valence-electron chi connectivity index (χ3n) is 4.01. The Labute approximate surface area is 128 Å². The average molecular weight is 280 g/mol. The van der Waals surface area contributed by atoms with Gasteiger partial charge in [0.25, 0.3) is 0 Å². The van der Waals surface area contributed by atoms with Gasteiger partial charge in [0.15, 0.2) is 0 Å². The van der Waals surface area contributed by atoms with E-state index in [1.165, 1.54) is 5.56 Å². The van der Waals surface area contributed by atoms with Gasteiger partial charge in [-0.3, -0.25) is 4.79 Å². The van der Waals surface area contributed by atoms with E-state index in [4.69, 9.17) is 0 Å². The first-order valence-corrected chi connectivity index (χ1v) is 7.55. The van der Waals surface area contributed by atoms with Gasteiger partial charge in [0, 0.05) is 11.3 Å². The van der Waals surface area contributed by atoms with E-state index in [-0.39, 0.29) is 17.3 Å². The summed E-state index contributed by atoms with van der Waals surface area (Å²) >= 11 is 0.